The van der Waals surface area contributed by atoms with Gasteiger partial charge in [0.2, 0.25) is 5.91 Å². The van der Waals surface area contributed by atoms with Gasteiger partial charge in [-0.1, -0.05) is 72.8 Å². The molecule has 0 N–H and O–H groups in total. The molecule has 3 aromatic rings. The first-order valence-corrected chi connectivity index (χ1v) is 14.1. The van der Waals surface area contributed by atoms with Crippen LogP contribution in [0.2, 0.25) is 0 Å². The van der Waals surface area contributed by atoms with Crippen molar-refractivity contribution < 1.29 is 18.0 Å². The molecule has 0 atom stereocenters. The molecule has 0 bridgehead atoms. The van der Waals surface area contributed by atoms with Gasteiger partial charge >= 0.3 is 5.51 Å². The molecule has 0 radical (unpaired) electrons. The predicted molar refractivity (Wildman–Crippen MR) is 153 cm³/mol. The molecule has 0 unspecified atom stereocenters. The summed E-state index contributed by atoms with van der Waals surface area (Å²) in [6.45, 7) is 3.99. The Hall–Kier alpha value is -2.48. The number of amides is 1. The van der Waals surface area contributed by atoms with E-state index in [-0.39, 0.29) is 40.4 Å². The lowest BCUT2D eigenvalue weighted by Gasteiger charge is -2.38. The van der Waals surface area contributed by atoms with Crippen molar-refractivity contribution in [3.63, 3.8) is 0 Å². The fraction of sp³-hybridized carbons (Fsp3) is 0.387. The van der Waals surface area contributed by atoms with Gasteiger partial charge in [-0.15, -0.1) is 12.4 Å². The van der Waals surface area contributed by atoms with E-state index in [1.54, 1.807) is 12.1 Å². The number of nitrogens with zero attached hydrogens (tertiary/aromatic N) is 2. The lowest BCUT2D eigenvalue weighted by molar-refractivity contribution is -0.138. The largest absolute Gasteiger partial charge is 0.446 e. The molecule has 1 amide bonds. The highest BCUT2D eigenvalue weighted by Crippen LogP contribution is 2.43. The van der Waals surface area contributed by atoms with Crippen molar-refractivity contribution in [2.45, 2.75) is 48.5 Å². The van der Waals surface area contributed by atoms with E-state index >= 15 is 0 Å². The molecule has 0 aliphatic carbocycles. The predicted octanol–water partition coefficient (Wildman–Crippen LogP) is 7.76. The maximum atomic E-state index is 13.4. The van der Waals surface area contributed by atoms with Crippen LogP contribution in [0.15, 0.2) is 89.8 Å². The highest BCUT2D eigenvalue weighted by Gasteiger charge is 2.47. The molecule has 0 aromatic heterocycles. The Balaban J connectivity index is 0.00000353. The summed E-state index contributed by atoms with van der Waals surface area (Å²) in [6, 6.07) is 27.7. The molecule has 1 spiro atoms. The molecule has 0 saturated carbocycles. The molecule has 5 rings (SSSR count). The Bertz CT molecular complexity index is 1160. The number of carbonyl (C=O) groups excluding carboxylic acids is 1. The van der Waals surface area contributed by atoms with Gasteiger partial charge in [0.15, 0.2) is 0 Å². The number of hydrogen-bond acceptors (Lipinski definition) is 3. The summed E-state index contributed by atoms with van der Waals surface area (Å²) >= 11 is -0.112. The van der Waals surface area contributed by atoms with Crippen molar-refractivity contribution in [3.8, 4) is 0 Å². The number of likely N-dealkylation sites (tertiary alicyclic amines) is 2. The van der Waals surface area contributed by atoms with Gasteiger partial charge in [0.25, 0.3) is 0 Å². The number of alkyl halides is 3. The Morgan fingerprint density at radius 2 is 1.33 bits per heavy atom. The lowest BCUT2D eigenvalue weighted by atomic mass is 9.77. The number of hydrogen-bond donors (Lipinski definition) is 0. The van der Waals surface area contributed by atoms with Crippen LogP contribution in [0.25, 0.3) is 0 Å². The summed E-state index contributed by atoms with van der Waals surface area (Å²) < 4.78 is 37.8. The van der Waals surface area contributed by atoms with Crippen LogP contribution in [-0.4, -0.2) is 47.4 Å². The highest BCUT2D eigenvalue weighted by molar-refractivity contribution is 8.00. The van der Waals surface area contributed by atoms with E-state index in [1.165, 1.54) is 23.3 Å². The second-order valence-electron chi connectivity index (χ2n) is 10.5. The van der Waals surface area contributed by atoms with Gasteiger partial charge in [-0.25, -0.2) is 0 Å². The third-order valence-corrected chi connectivity index (χ3v) is 8.82. The summed E-state index contributed by atoms with van der Waals surface area (Å²) in [5.74, 6) is 0.551. The van der Waals surface area contributed by atoms with E-state index in [0.717, 1.165) is 50.9 Å². The van der Waals surface area contributed by atoms with E-state index in [4.69, 9.17) is 0 Å². The summed E-state index contributed by atoms with van der Waals surface area (Å²) in [7, 11) is 0. The fourth-order valence-electron chi connectivity index (χ4n) is 5.94. The van der Waals surface area contributed by atoms with Crippen molar-refractivity contribution in [1.82, 2.24) is 9.80 Å². The van der Waals surface area contributed by atoms with E-state index in [9.17, 15) is 18.0 Å². The van der Waals surface area contributed by atoms with Crippen molar-refractivity contribution in [2.75, 3.05) is 26.2 Å². The average Bonchev–Trinajstić information content (AvgIpc) is 3.21. The zero-order valence-corrected chi connectivity index (χ0v) is 23.4. The molecule has 2 saturated heterocycles. The first-order chi connectivity index (χ1) is 18.3. The third-order valence-electron chi connectivity index (χ3n) is 8.08. The first kappa shape index (κ1) is 29.5. The molecule has 2 aliphatic rings. The zero-order chi connectivity index (χ0) is 26.6. The second kappa shape index (κ2) is 12.8. The molecular formula is C31H34ClF3N2OS. The number of piperidine rings is 1. The van der Waals surface area contributed by atoms with Crippen molar-refractivity contribution in [3.05, 3.63) is 102 Å². The molecule has 3 nitrogen and oxygen atoms in total. The van der Waals surface area contributed by atoms with Crippen LogP contribution in [0.5, 0.6) is 0 Å². The number of benzene rings is 3. The molecule has 8 heteroatoms. The topological polar surface area (TPSA) is 23.6 Å². The van der Waals surface area contributed by atoms with Gasteiger partial charge < -0.3 is 9.80 Å². The van der Waals surface area contributed by atoms with Crippen LogP contribution in [-0.2, 0) is 11.3 Å². The third kappa shape index (κ3) is 7.38. The molecule has 3 aromatic carbocycles. The van der Waals surface area contributed by atoms with Crippen LogP contribution in [0.3, 0.4) is 0 Å². The summed E-state index contributed by atoms with van der Waals surface area (Å²) in [5, 5.41) is 0. The van der Waals surface area contributed by atoms with Crippen LogP contribution in [0, 0.1) is 5.41 Å². The number of halogens is 4. The van der Waals surface area contributed by atoms with Crippen LogP contribution in [0.4, 0.5) is 13.2 Å². The summed E-state index contributed by atoms with van der Waals surface area (Å²) in [6.07, 6.45) is 3.62. The first-order valence-electron chi connectivity index (χ1n) is 13.3. The Labute approximate surface area is 239 Å². The fourth-order valence-corrected chi connectivity index (χ4v) is 6.48. The van der Waals surface area contributed by atoms with Crippen molar-refractivity contribution >= 4 is 30.1 Å². The minimum absolute atomic E-state index is 0. The van der Waals surface area contributed by atoms with E-state index < -0.39 is 5.51 Å². The molecule has 208 valence electrons. The van der Waals surface area contributed by atoms with Crippen LogP contribution < -0.4 is 0 Å². The van der Waals surface area contributed by atoms with Crippen molar-refractivity contribution in [1.29, 1.82) is 0 Å². The Kier molecular flexibility index (Phi) is 9.68. The summed E-state index contributed by atoms with van der Waals surface area (Å²) in [4.78, 5) is 18.0. The molecule has 39 heavy (non-hydrogen) atoms. The highest BCUT2D eigenvalue weighted by atomic mass is 35.5. The van der Waals surface area contributed by atoms with Crippen molar-refractivity contribution in [2.24, 2.45) is 5.41 Å². The van der Waals surface area contributed by atoms with Gasteiger partial charge in [-0.3, -0.25) is 4.79 Å². The van der Waals surface area contributed by atoms with Gasteiger partial charge in [-0.05, 0) is 85.9 Å². The van der Waals surface area contributed by atoms with E-state index in [1.807, 2.05) is 4.90 Å². The lowest BCUT2D eigenvalue weighted by Crippen LogP contribution is -2.45. The van der Waals surface area contributed by atoms with Gasteiger partial charge in [0, 0.05) is 23.9 Å². The van der Waals surface area contributed by atoms with Crippen LogP contribution >= 0.6 is 24.2 Å². The Morgan fingerprint density at radius 3 is 1.87 bits per heavy atom. The normalized spacial score (nSPS) is 17.5. The number of rotatable bonds is 8. The van der Waals surface area contributed by atoms with Crippen LogP contribution in [0.1, 0.15) is 48.3 Å². The minimum atomic E-state index is -4.29. The van der Waals surface area contributed by atoms with E-state index in [2.05, 4.69) is 65.6 Å². The zero-order valence-electron chi connectivity index (χ0n) is 21.8. The second-order valence-corrected chi connectivity index (χ2v) is 11.6. The number of thioether (sulfide) groups is 1. The molecular weight excluding hydrogens is 541 g/mol. The minimum Gasteiger partial charge on any atom is -0.338 e. The van der Waals surface area contributed by atoms with Gasteiger partial charge in [0.1, 0.15) is 0 Å². The molecule has 2 fully saturated rings. The van der Waals surface area contributed by atoms with Gasteiger partial charge in [0.05, 0.1) is 5.41 Å². The monoisotopic (exact) mass is 574 g/mol. The van der Waals surface area contributed by atoms with Gasteiger partial charge in [-0.2, -0.15) is 13.2 Å². The smallest absolute Gasteiger partial charge is 0.338 e. The van der Waals surface area contributed by atoms with E-state index in [0.29, 0.717) is 19.0 Å². The molecule has 2 heterocycles. The maximum Gasteiger partial charge on any atom is 0.446 e. The maximum absolute atomic E-state index is 13.4. The Morgan fingerprint density at radius 1 is 0.795 bits per heavy atom. The summed E-state index contributed by atoms with van der Waals surface area (Å²) in [5.41, 5.74) is -1.05. The average molecular weight is 575 g/mol. The SMILES string of the molecule is Cl.O=C1N(Cc2ccc(SC(F)(F)F)cc2)CCC12CCN(CCC(c1ccccc1)c1ccccc1)CC2. The standard InChI is InChI=1S/C31H33F3N2OS.ClH/c32-31(33,34)38-27-13-11-24(12-14-27)23-36-22-18-30(29(36)37)16-20-35(21-17-30)19-15-28(25-7-3-1-4-8-25)26-9-5-2-6-10-26;/h1-14,28H,15-23H2;1H. The number of carbonyl (C=O) groups is 1. The molecule has 2 aliphatic heterocycles. The quantitative estimate of drug-likeness (QED) is 0.257.